The zero-order valence-electron chi connectivity index (χ0n) is 16.5. The molecule has 0 aliphatic rings. The van der Waals surface area contributed by atoms with Crippen molar-refractivity contribution in [1.82, 2.24) is 4.57 Å². The molecule has 158 valence electrons. The number of aliphatic hydroxyl groups is 1. The second-order valence-electron chi connectivity index (χ2n) is 6.93. The van der Waals surface area contributed by atoms with Gasteiger partial charge in [0, 0.05) is 12.6 Å². The Hall–Kier alpha value is -2.90. The highest BCUT2D eigenvalue weighted by atomic mass is 35.5. The summed E-state index contributed by atoms with van der Waals surface area (Å²) in [5.74, 6) is -1.57. The Balaban J connectivity index is 2.32. The summed E-state index contributed by atoms with van der Waals surface area (Å²) in [6.07, 6.45) is 1.35. The number of aromatic nitrogens is 1. The fourth-order valence-electron chi connectivity index (χ4n) is 3.37. The van der Waals surface area contributed by atoms with Gasteiger partial charge in [-0.3, -0.25) is 4.79 Å². The van der Waals surface area contributed by atoms with Crippen LogP contribution in [0, 0.1) is 5.82 Å². The van der Waals surface area contributed by atoms with Gasteiger partial charge in [-0.2, -0.15) is 0 Å². The number of carbonyl (C=O) groups is 1. The van der Waals surface area contributed by atoms with Crippen molar-refractivity contribution in [3.8, 4) is 5.75 Å². The Morgan fingerprint density at radius 1 is 1.33 bits per heavy atom. The lowest BCUT2D eigenvalue weighted by Crippen LogP contribution is -2.22. The molecule has 0 saturated carbocycles. The zero-order chi connectivity index (χ0) is 22.0. The van der Waals surface area contributed by atoms with Crippen LogP contribution >= 0.6 is 11.6 Å². The molecule has 0 radical (unpaired) electrons. The second kappa shape index (κ2) is 8.85. The van der Waals surface area contributed by atoms with Crippen molar-refractivity contribution in [2.45, 2.75) is 26.3 Å². The molecule has 0 spiro atoms. The van der Waals surface area contributed by atoms with Gasteiger partial charge in [-0.25, -0.2) is 9.18 Å². The van der Waals surface area contributed by atoms with Crippen LogP contribution in [0.1, 0.15) is 41.4 Å². The summed E-state index contributed by atoms with van der Waals surface area (Å²) >= 11 is 5.87. The van der Waals surface area contributed by atoms with Gasteiger partial charge in [0.1, 0.15) is 17.1 Å². The first kappa shape index (κ1) is 21.8. The van der Waals surface area contributed by atoms with E-state index in [1.807, 2.05) is 0 Å². The number of hydrogen-bond donors (Lipinski definition) is 2. The van der Waals surface area contributed by atoms with E-state index in [1.165, 1.54) is 22.9 Å². The minimum absolute atomic E-state index is 0.00869. The molecule has 0 aliphatic carbocycles. The Bertz CT molecular complexity index is 1170. The molecule has 2 aromatic carbocycles. The highest BCUT2D eigenvalue weighted by Gasteiger charge is 2.21. The average molecular weight is 434 g/mol. The molecule has 1 unspecified atom stereocenters. The Morgan fingerprint density at radius 3 is 2.70 bits per heavy atom. The minimum Gasteiger partial charge on any atom is -0.492 e. The molecule has 2 N–H and O–H groups in total. The Morgan fingerprint density at radius 2 is 2.07 bits per heavy atom. The van der Waals surface area contributed by atoms with Crippen LogP contribution in [-0.2, 0) is 6.42 Å². The van der Waals surface area contributed by atoms with Crippen molar-refractivity contribution in [1.29, 1.82) is 0 Å². The highest BCUT2D eigenvalue weighted by Crippen LogP contribution is 2.31. The van der Waals surface area contributed by atoms with Crippen molar-refractivity contribution in [3.05, 3.63) is 74.3 Å². The van der Waals surface area contributed by atoms with Gasteiger partial charge in [-0.15, -0.1) is 0 Å². The SMILES string of the molecule is CCOc1cc(Cc2cccc(Cl)c2F)cc2c(=O)c(C(=O)O)cn(C(C)CO)c12. The maximum absolute atomic E-state index is 14.4. The largest absolute Gasteiger partial charge is 0.492 e. The zero-order valence-corrected chi connectivity index (χ0v) is 17.2. The Labute approximate surface area is 177 Å². The van der Waals surface area contributed by atoms with E-state index in [2.05, 4.69) is 0 Å². The van der Waals surface area contributed by atoms with Gasteiger partial charge in [0.25, 0.3) is 0 Å². The molecule has 1 aromatic heterocycles. The van der Waals surface area contributed by atoms with E-state index in [1.54, 1.807) is 32.0 Å². The summed E-state index contributed by atoms with van der Waals surface area (Å²) in [4.78, 5) is 24.5. The van der Waals surface area contributed by atoms with E-state index >= 15 is 0 Å². The lowest BCUT2D eigenvalue weighted by Gasteiger charge is -2.21. The number of ether oxygens (including phenoxy) is 1. The molecule has 30 heavy (non-hydrogen) atoms. The number of benzene rings is 2. The third kappa shape index (κ3) is 4.04. The van der Waals surface area contributed by atoms with E-state index in [9.17, 15) is 24.2 Å². The third-order valence-electron chi connectivity index (χ3n) is 4.85. The lowest BCUT2D eigenvalue weighted by molar-refractivity contribution is 0.0694. The van der Waals surface area contributed by atoms with Crippen LogP contribution in [0.15, 0.2) is 41.3 Å². The smallest absolute Gasteiger partial charge is 0.341 e. The number of nitrogens with zero attached hydrogens (tertiary/aromatic N) is 1. The second-order valence-corrected chi connectivity index (χ2v) is 7.34. The van der Waals surface area contributed by atoms with Crippen molar-refractivity contribution in [2.75, 3.05) is 13.2 Å². The van der Waals surface area contributed by atoms with E-state index in [4.69, 9.17) is 16.3 Å². The summed E-state index contributed by atoms with van der Waals surface area (Å²) in [6, 6.07) is 7.39. The monoisotopic (exact) mass is 433 g/mol. The molecule has 3 aromatic rings. The lowest BCUT2D eigenvalue weighted by atomic mass is 10.00. The quantitative estimate of drug-likeness (QED) is 0.587. The molecule has 0 amide bonds. The van der Waals surface area contributed by atoms with Crippen molar-refractivity contribution >= 4 is 28.5 Å². The maximum atomic E-state index is 14.4. The molecule has 0 aliphatic heterocycles. The number of hydrogen-bond acceptors (Lipinski definition) is 4. The molecule has 1 heterocycles. The fourth-order valence-corrected chi connectivity index (χ4v) is 3.57. The van der Waals surface area contributed by atoms with E-state index in [-0.39, 0.29) is 23.4 Å². The summed E-state index contributed by atoms with van der Waals surface area (Å²) in [6.45, 7) is 3.50. The van der Waals surface area contributed by atoms with Crippen LogP contribution in [0.3, 0.4) is 0 Å². The molecule has 6 nitrogen and oxygen atoms in total. The fraction of sp³-hybridized carbons (Fsp3) is 0.273. The number of fused-ring (bicyclic) bond motifs is 1. The molecule has 8 heteroatoms. The molecule has 1 atom stereocenters. The molecule has 3 rings (SSSR count). The van der Waals surface area contributed by atoms with Crippen molar-refractivity contribution in [2.24, 2.45) is 0 Å². The minimum atomic E-state index is -1.37. The van der Waals surface area contributed by atoms with Gasteiger partial charge in [0.15, 0.2) is 0 Å². The van der Waals surface area contributed by atoms with Gasteiger partial charge < -0.3 is 19.5 Å². The first-order valence-electron chi connectivity index (χ1n) is 9.40. The number of halogens is 2. The van der Waals surface area contributed by atoms with Gasteiger partial charge in [-0.1, -0.05) is 23.7 Å². The van der Waals surface area contributed by atoms with Crippen LogP contribution in [0.25, 0.3) is 10.9 Å². The van der Waals surface area contributed by atoms with E-state index in [0.717, 1.165) is 0 Å². The average Bonchev–Trinajstić information content (AvgIpc) is 2.71. The number of aliphatic hydroxyl groups excluding tert-OH is 1. The molecule has 0 saturated heterocycles. The number of rotatable bonds is 7. The topological polar surface area (TPSA) is 88.8 Å². The first-order valence-corrected chi connectivity index (χ1v) is 9.77. The van der Waals surface area contributed by atoms with Crippen LogP contribution in [-0.4, -0.2) is 34.0 Å². The van der Waals surface area contributed by atoms with Gasteiger partial charge >= 0.3 is 5.97 Å². The summed E-state index contributed by atoms with van der Waals surface area (Å²) < 4.78 is 21.6. The van der Waals surface area contributed by atoms with Gasteiger partial charge in [0.05, 0.1) is 35.2 Å². The highest BCUT2D eigenvalue weighted by molar-refractivity contribution is 6.30. The maximum Gasteiger partial charge on any atom is 0.341 e. The molecular weight excluding hydrogens is 413 g/mol. The predicted octanol–water partition coefficient (Wildman–Crippen LogP) is 4.04. The van der Waals surface area contributed by atoms with Crippen molar-refractivity contribution < 1.29 is 24.1 Å². The van der Waals surface area contributed by atoms with E-state index in [0.29, 0.717) is 29.0 Å². The van der Waals surface area contributed by atoms with Gasteiger partial charge in [0.2, 0.25) is 5.43 Å². The van der Waals surface area contributed by atoms with Crippen LogP contribution < -0.4 is 10.2 Å². The van der Waals surface area contributed by atoms with Crippen LogP contribution in [0.4, 0.5) is 4.39 Å². The molecule has 0 fully saturated rings. The molecular formula is C22H21ClFNO5. The standard InChI is InChI=1S/C22H21ClFNO5/c1-3-30-18-9-13(7-14-5-4-6-17(23)19(14)24)8-15-20(18)25(12(2)11-26)10-16(21(15)27)22(28)29/h4-6,8-10,12,26H,3,7,11H2,1-2H3,(H,28,29). The van der Waals surface area contributed by atoms with E-state index < -0.39 is 28.8 Å². The summed E-state index contributed by atoms with van der Waals surface area (Å²) in [7, 11) is 0. The van der Waals surface area contributed by atoms with Crippen molar-refractivity contribution in [3.63, 3.8) is 0 Å². The predicted molar refractivity (Wildman–Crippen MR) is 112 cm³/mol. The Kier molecular flexibility index (Phi) is 6.43. The molecule has 0 bridgehead atoms. The summed E-state index contributed by atoms with van der Waals surface area (Å²) in [5.41, 5.74) is 0.186. The number of carboxylic acid groups (broad SMARTS) is 1. The third-order valence-corrected chi connectivity index (χ3v) is 5.14. The normalized spacial score (nSPS) is 12.2. The summed E-state index contributed by atoms with van der Waals surface area (Å²) in [5, 5.41) is 19.2. The van der Waals surface area contributed by atoms with Crippen LogP contribution in [0.2, 0.25) is 5.02 Å². The van der Waals surface area contributed by atoms with Crippen LogP contribution in [0.5, 0.6) is 5.75 Å². The number of carboxylic acids is 1. The number of pyridine rings is 1. The number of aromatic carboxylic acids is 1. The first-order chi connectivity index (χ1) is 14.3. The van der Waals surface area contributed by atoms with Gasteiger partial charge in [-0.05, 0) is 43.2 Å².